The number of carbonyl (C=O) groups excluding carboxylic acids is 1. The zero-order valence-electron chi connectivity index (χ0n) is 16.2. The SMILES string of the molecule is C=Cc1c(C(=O)OC)cc(Cc2ccc(-c3ccn(C)n3)cc2)c(C)c1C. The molecule has 3 rings (SSSR count). The number of methoxy groups -OCH3 is 1. The molecule has 0 amide bonds. The molecular weight excluding hydrogens is 336 g/mol. The maximum absolute atomic E-state index is 12.2. The Morgan fingerprint density at radius 3 is 2.44 bits per heavy atom. The molecule has 4 heteroatoms. The first-order valence-electron chi connectivity index (χ1n) is 8.87. The summed E-state index contributed by atoms with van der Waals surface area (Å²) >= 11 is 0. The molecule has 0 N–H and O–H groups in total. The minimum atomic E-state index is -0.334. The molecule has 0 radical (unpaired) electrons. The zero-order chi connectivity index (χ0) is 19.6. The topological polar surface area (TPSA) is 44.1 Å². The van der Waals surface area contributed by atoms with E-state index in [0.717, 1.165) is 34.4 Å². The first-order chi connectivity index (χ1) is 12.9. The number of hydrogen-bond acceptors (Lipinski definition) is 3. The Bertz CT molecular complexity index is 998. The van der Waals surface area contributed by atoms with Gasteiger partial charge in [0.2, 0.25) is 0 Å². The Kier molecular flexibility index (Phi) is 5.26. The Morgan fingerprint density at radius 2 is 1.89 bits per heavy atom. The number of esters is 1. The second kappa shape index (κ2) is 7.62. The van der Waals surface area contributed by atoms with Gasteiger partial charge in [-0.25, -0.2) is 4.79 Å². The van der Waals surface area contributed by atoms with Gasteiger partial charge in [-0.1, -0.05) is 36.9 Å². The van der Waals surface area contributed by atoms with Crippen LogP contribution in [0.5, 0.6) is 0 Å². The molecule has 138 valence electrons. The fourth-order valence-corrected chi connectivity index (χ4v) is 3.31. The van der Waals surface area contributed by atoms with E-state index in [1.807, 2.05) is 32.3 Å². The van der Waals surface area contributed by atoms with Gasteiger partial charge in [0.25, 0.3) is 0 Å². The van der Waals surface area contributed by atoms with Gasteiger partial charge < -0.3 is 4.74 Å². The number of aryl methyl sites for hydroxylation is 1. The van der Waals surface area contributed by atoms with E-state index < -0.39 is 0 Å². The molecule has 27 heavy (non-hydrogen) atoms. The van der Waals surface area contributed by atoms with Crippen LogP contribution in [0.15, 0.2) is 49.2 Å². The minimum Gasteiger partial charge on any atom is -0.465 e. The molecule has 0 spiro atoms. The number of ether oxygens (including phenoxy) is 1. The monoisotopic (exact) mass is 360 g/mol. The van der Waals surface area contributed by atoms with Crippen molar-refractivity contribution in [3.63, 3.8) is 0 Å². The highest BCUT2D eigenvalue weighted by molar-refractivity contribution is 5.94. The Balaban J connectivity index is 1.94. The Morgan fingerprint density at radius 1 is 1.19 bits per heavy atom. The molecule has 2 aromatic carbocycles. The average Bonchev–Trinajstić information content (AvgIpc) is 3.11. The van der Waals surface area contributed by atoms with E-state index in [-0.39, 0.29) is 5.97 Å². The molecule has 1 heterocycles. The van der Waals surface area contributed by atoms with Crippen LogP contribution in [-0.2, 0) is 18.2 Å². The lowest BCUT2D eigenvalue weighted by Crippen LogP contribution is -2.08. The number of benzene rings is 2. The van der Waals surface area contributed by atoms with Crippen molar-refractivity contribution in [2.75, 3.05) is 7.11 Å². The standard InChI is InChI=1S/C23H24N2O2/c1-6-20-16(3)15(2)19(14-21(20)23(26)27-5)13-17-7-9-18(10-8-17)22-11-12-25(4)24-22/h6-12,14H,1,13H2,2-5H3. The number of nitrogens with zero attached hydrogens (tertiary/aromatic N) is 2. The van der Waals surface area contributed by atoms with Crippen LogP contribution in [0.25, 0.3) is 17.3 Å². The lowest BCUT2D eigenvalue weighted by Gasteiger charge is -2.16. The smallest absolute Gasteiger partial charge is 0.338 e. The highest BCUT2D eigenvalue weighted by Crippen LogP contribution is 2.27. The lowest BCUT2D eigenvalue weighted by molar-refractivity contribution is 0.0600. The van der Waals surface area contributed by atoms with Gasteiger partial charge >= 0.3 is 5.97 Å². The van der Waals surface area contributed by atoms with Crippen LogP contribution in [0, 0.1) is 13.8 Å². The molecule has 1 aromatic heterocycles. The van der Waals surface area contributed by atoms with Gasteiger partial charge in [-0.3, -0.25) is 4.68 Å². The summed E-state index contributed by atoms with van der Waals surface area (Å²) in [6.45, 7) is 7.95. The molecule has 0 atom stereocenters. The third-order valence-corrected chi connectivity index (χ3v) is 5.02. The van der Waals surface area contributed by atoms with Gasteiger partial charge in [-0.2, -0.15) is 5.10 Å². The van der Waals surface area contributed by atoms with Crippen molar-refractivity contribution in [2.45, 2.75) is 20.3 Å². The zero-order valence-corrected chi connectivity index (χ0v) is 16.2. The van der Waals surface area contributed by atoms with Crippen molar-refractivity contribution in [3.05, 3.63) is 82.6 Å². The van der Waals surface area contributed by atoms with Crippen molar-refractivity contribution in [1.82, 2.24) is 9.78 Å². The molecule has 0 saturated heterocycles. The van der Waals surface area contributed by atoms with E-state index in [9.17, 15) is 4.79 Å². The second-order valence-corrected chi connectivity index (χ2v) is 6.69. The van der Waals surface area contributed by atoms with Crippen LogP contribution in [0.3, 0.4) is 0 Å². The van der Waals surface area contributed by atoms with Crippen LogP contribution in [0.2, 0.25) is 0 Å². The predicted molar refractivity (Wildman–Crippen MR) is 109 cm³/mol. The number of hydrogen-bond donors (Lipinski definition) is 0. The second-order valence-electron chi connectivity index (χ2n) is 6.69. The van der Waals surface area contributed by atoms with E-state index in [2.05, 4.69) is 42.9 Å². The molecule has 0 saturated carbocycles. The summed E-state index contributed by atoms with van der Waals surface area (Å²) in [6, 6.07) is 12.3. The molecule has 0 unspecified atom stereocenters. The fraction of sp³-hybridized carbons (Fsp3) is 0.217. The van der Waals surface area contributed by atoms with E-state index in [0.29, 0.717) is 5.56 Å². The van der Waals surface area contributed by atoms with Gasteiger partial charge in [0.05, 0.1) is 18.4 Å². The van der Waals surface area contributed by atoms with Crippen LogP contribution >= 0.6 is 0 Å². The normalized spacial score (nSPS) is 10.7. The molecule has 0 bridgehead atoms. The number of aromatic nitrogens is 2. The average molecular weight is 360 g/mol. The molecule has 0 aliphatic heterocycles. The Labute approximate surface area is 160 Å². The van der Waals surface area contributed by atoms with Crippen LogP contribution in [0.4, 0.5) is 0 Å². The number of rotatable bonds is 5. The first-order valence-corrected chi connectivity index (χ1v) is 8.87. The van der Waals surface area contributed by atoms with Crippen molar-refractivity contribution >= 4 is 12.0 Å². The molecule has 0 aliphatic carbocycles. The van der Waals surface area contributed by atoms with Crippen LogP contribution in [0.1, 0.15) is 38.2 Å². The molecule has 0 aliphatic rings. The fourth-order valence-electron chi connectivity index (χ4n) is 3.31. The predicted octanol–water partition coefficient (Wildman–Crippen LogP) is 4.72. The highest BCUT2D eigenvalue weighted by atomic mass is 16.5. The summed E-state index contributed by atoms with van der Waals surface area (Å²) < 4.78 is 6.75. The third-order valence-electron chi connectivity index (χ3n) is 5.02. The molecule has 3 aromatic rings. The van der Waals surface area contributed by atoms with Gasteiger partial charge in [-0.05, 0) is 60.2 Å². The van der Waals surface area contributed by atoms with Gasteiger partial charge in [0.15, 0.2) is 0 Å². The van der Waals surface area contributed by atoms with Crippen molar-refractivity contribution in [3.8, 4) is 11.3 Å². The maximum Gasteiger partial charge on any atom is 0.338 e. The highest BCUT2D eigenvalue weighted by Gasteiger charge is 2.17. The summed E-state index contributed by atoms with van der Waals surface area (Å²) in [4.78, 5) is 12.2. The van der Waals surface area contributed by atoms with E-state index in [1.165, 1.54) is 18.2 Å². The van der Waals surface area contributed by atoms with Gasteiger partial charge in [0, 0.05) is 18.8 Å². The van der Waals surface area contributed by atoms with Gasteiger partial charge in [0.1, 0.15) is 0 Å². The minimum absolute atomic E-state index is 0.334. The van der Waals surface area contributed by atoms with E-state index in [4.69, 9.17) is 4.74 Å². The lowest BCUT2D eigenvalue weighted by atomic mass is 9.90. The quantitative estimate of drug-likeness (QED) is 0.618. The van der Waals surface area contributed by atoms with Crippen molar-refractivity contribution in [1.29, 1.82) is 0 Å². The van der Waals surface area contributed by atoms with Gasteiger partial charge in [-0.15, -0.1) is 0 Å². The summed E-state index contributed by atoms with van der Waals surface area (Å²) in [7, 11) is 3.31. The van der Waals surface area contributed by atoms with Crippen LogP contribution in [-0.4, -0.2) is 22.9 Å². The van der Waals surface area contributed by atoms with E-state index >= 15 is 0 Å². The maximum atomic E-state index is 12.2. The number of carbonyl (C=O) groups is 1. The van der Waals surface area contributed by atoms with E-state index in [1.54, 1.807) is 10.8 Å². The summed E-state index contributed by atoms with van der Waals surface area (Å²) in [5, 5.41) is 4.44. The summed E-state index contributed by atoms with van der Waals surface area (Å²) in [5.41, 5.74) is 7.98. The Hall–Kier alpha value is -3.14. The molecule has 4 nitrogen and oxygen atoms in total. The van der Waals surface area contributed by atoms with Crippen molar-refractivity contribution < 1.29 is 9.53 Å². The van der Waals surface area contributed by atoms with Crippen LogP contribution < -0.4 is 0 Å². The summed E-state index contributed by atoms with van der Waals surface area (Å²) in [5.74, 6) is -0.334. The first kappa shape index (κ1) is 18.6. The summed E-state index contributed by atoms with van der Waals surface area (Å²) in [6.07, 6.45) is 4.40. The largest absolute Gasteiger partial charge is 0.465 e. The molecule has 0 fully saturated rings. The van der Waals surface area contributed by atoms with Crippen molar-refractivity contribution in [2.24, 2.45) is 7.05 Å². The molecular formula is C23H24N2O2. The third kappa shape index (κ3) is 3.70.